The van der Waals surface area contributed by atoms with E-state index in [0.29, 0.717) is 12.1 Å². The second kappa shape index (κ2) is 6.90. The predicted octanol–water partition coefficient (Wildman–Crippen LogP) is 1.72. The van der Waals surface area contributed by atoms with E-state index in [-0.39, 0.29) is 26.1 Å². The van der Waals surface area contributed by atoms with Crippen molar-refractivity contribution in [3.05, 3.63) is 39.4 Å². The van der Waals surface area contributed by atoms with E-state index in [1.807, 2.05) is 0 Å². The third-order valence-electron chi connectivity index (χ3n) is 2.74. The molecule has 0 saturated carbocycles. The molecule has 0 radical (unpaired) electrons. The van der Waals surface area contributed by atoms with Crippen molar-refractivity contribution < 1.29 is 23.6 Å². The van der Waals surface area contributed by atoms with Crippen LogP contribution in [-0.4, -0.2) is 40.5 Å². The average molecular weight is 288 g/mol. The molecule has 0 unspecified atom stereocenters. The van der Waals surface area contributed by atoms with Crippen LogP contribution in [0.1, 0.15) is 23.7 Å². The lowest BCUT2D eigenvalue weighted by molar-refractivity contribution is -0.387. The fourth-order valence-corrected chi connectivity index (χ4v) is 1.70. The van der Waals surface area contributed by atoms with E-state index >= 15 is 0 Å². The Hall–Kier alpha value is -2.09. The third kappa shape index (κ3) is 3.27. The molecule has 0 aliphatic rings. The largest absolute Gasteiger partial charge is 0.396 e. The Morgan fingerprint density at radius 1 is 1.45 bits per heavy atom. The summed E-state index contributed by atoms with van der Waals surface area (Å²) >= 11 is 0. The molecule has 0 aromatic heterocycles. The molecule has 8 heteroatoms. The van der Waals surface area contributed by atoms with Crippen LogP contribution in [0.5, 0.6) is 0 Å². The number of benzene rings is 1. The van der Waals surface area contributed by atoms with Crippen molar-refractivity contribution in [1.82, 2.24) is 4.90 Å². The number of nitro benzene ring substituents is 1. The summed E-state index contributed by atoms with van der Waals surface area (Å²) in [5, 5.41) is 19.3. The van der Waals surface area contributed by atoms with Crippen LogP contribution < -0.4 is 0 Å². The van der Waals surface area contributed by atoms with Crippen molar-refractivity contribution >= 4 is 11.6 Å². The van der Waals surface area contributed by atoms with Crippen molar-refractivity contribution in [2.24, 2.45) is 0 Å². The highest BCUT2D eigenvalue weighted by Crippen LogP contribution is 2.24. The summed E-state index contributed by atoms with van der Waals surface area (Å²) in [6, 6.07) is 1.36. The summed E-state index contributed by atoms with van der Waals surface area (Å²) in [6.07, 6.45) is 0.248. The first-order chi connectivity index (χ1) is 9.43. The fourth-order valence-electron chi connectivity index (χ4n) is 1.70. The number of amides is 1. The number of rotatable bonds is 6. The van der Waals surface area contributed by atoms with E-state index in [1.54, 1.807) is 6.92 Å². The van der Waals surface area contributed by atoms with Gasteiger partial charge in [-0.3, -0.25) is 14.9 Å². The molecule has 1 aromatic carbocycles. The van der Waals surface area contributed by atoms with Crippen LogP contribution in [0.3, 0.4) is 0 Å². The number of carbonyl (C=O) groups is 1. The lowest BCUT2D eigenvalue weighted by Gasteiger charge is -2.20. The second-order valence-corrected chi connectivity index (χ2v) is 3.97. The lowest BCUT2D eigenvalue weighted by atomic mass is 10.1. The first-order valence-electron chi connectivity index (χ1n) is 5.96. The SMILES string of the molecule is CCN(CCCO)C(=O)c1c(F)ccc([N+](=O)[O-])c1F. The molecule has 0 bridgehead atoms. The van der Waals surface area contributed by atoms with Crippen molar-refractivity contribution in [1.29, 1.82) is 0 Å². The average Bonchev–Trinajstić information content (AvgIpc) is 2.39. The number of hydrogen-bond donors (Lipinski definition) is 1. The fraction of sp³-hybridized carbons (Fsp3) is 0.417. The summed E-state index contributed by atoms with van der Waals surface area (Å²) in [4.78, 5) is 22.7. The van der Waals surface area contributed by atoms with E-state index in [9.17, 15) is 23.7 Å². The van der Waals surface area contributed by atoms with Crippen LogP contribution in [0.2, 0.25) is 0 Å². The molecule has 0 spiro atoms. The summed E-state index contributed by atoms with van der Waals surface area (Å²) in [5.41, 5.74) is -1.90. The normalized spacial score (nSPS) is 10.4. The summed E-state index contributed by atoms with van der Waals surface area (Å²) in [6.45, 7) is 1.69. The van der Waals surface area contributed by atoms with Crippen molar-refractivity contribution in [2.45, 2.75) is 13.3 Å². The standard InChI is InChI=1S/C12H14F2N2O4/c1-2-15(6-3-7-17)12(18)10-8(13)4-5-9(11(10)14)16(19)20/h4-5,17H,2-3,6-7H2,1H3. The Balaban J connectivity index is 3.20. The van der Waals surface area contributed by atoms with Gasteiger partial charge in [0.05, 0.1) is 4.92 Å². The molecular weight excluding hydrogens is 274 g/mol. The Kier molecular flexibility index (Phi) is 5.51. The molecule has 1 aromatic rings. The number of carbonyl (C=O) groups excluding carboxylic acids is 1. The van der Waals surface area contributed by atoms with Gasteiger partial charge < -0.3 is 10.0 Å². The molecule has 0 heterocycles. The summed E-state index contributed by atoms with van der Waals surface area (Å²) < 4.78 is 27.5. The Morgan fingerprint density at radius 2 is 2.10 bits per heavy atom. The summed E-state index contributed by atoms with van der Waals surface area (Å²) in [7, 11) is 0. The molecule has 0 saturated heterocycles. The van der Waals surface area contributed by atoms with Gasteiger partial charge >= 0.3 is 5.69 Å². The molecule has 6 nitrogen and oxygen atoms in total. The highest BCUT2D eigenvalue weighted by molar-refractivity contribution is 5.95. The zero-order chi connectivity index (χ0) is 15.3. The van der Waals surface area contributed by atoms with Gasteiger partial charge in [-0.15, -0.1) is 0 Å². The van der Waals surface area contributed by atoms with E-state index in [2.05, 4.69) is 0 Å². The molecule has 0 fully saturated rings. The zero-order valence-corrected chi connectivity index (χ0v) is 10.8. The first kappa shape index (κ1) is 16.0. The van der Waals surface area contributed by atoms with E-state index in [4.69, 9.17) is 5.11 Å². The number of nitro groups is 1. The van der Waals surface area contributed by atoms with Gasteiger partial charge in [0.25, 0.3) is 5.91 Å². The number of nitrogens with zero attached hydrogens (tertiary/aromatic N) is 2. The number of aliphatic hydroxyl groups excluding tert-OH is 1. The van der Waals surface area contributed by atoms with Gasteiger partial charge in [0.2, 0.25) is 5.82 Å². The topological polar surface area (TPSA) is 83.7 Å². The van der Waals surface area contributed by atoms with Crippen LogP contribution in [0.25, 0.3) is 0 Å². The van der Waals surface area contributed by atoms with E-state index < -0.39 is 33.7 Å². The maximum Gasteiger partial charge on any atom is 0.305 e. The molecule has 1 N–H and O–H groups in total. The van der Waals surface area contributed by atoms with E-state index in [1.165, 1.54) is 0 Å². The van der Waals surface area contributed by atoms with Gasteiger partial charge in [-0.1, -0.05) is 0 Å². The van der Waals surface area contributed by atoms with Gasteiger partial charge in [0.15, 0.2) is 0 Å². The Morgan fingerprint density at radius 3 is 2.60 bits per heavy atom. The minimum atomic E-state index is -1.48. The molecule has 1 rings (SSSR count). The maximum absolute atomic E-state index is 13.9. The van der Waals surface area contributed by atoms with Gasteiger partial charge in [-0.05, 0) is 19.4 Å². The molecule has 20 heavy (non-hydrogen) atoms. The number of hydrogen-bond acceptors (Lipinski definition) is 4. The Bertz CT molecular complexity index is 522. The predicted molar refractivity (Wildman–Crippen MR) is 66.3 cm³/mol. The second-order valence-electron chi connectivity index (χ2n) is 3.97. The lowest BCUT2D eigenvalue weighted by Crippen LogP contribution is -2.33. The van der Waals surface area contributed by atoms with Gasteiger partial charge in [0, 0.05) is 25.8 Å². The first-order valence-corrected chi connectivity index (χ1v) is 5.96. The molecule has 1 amide bonds. The zero-order valence-electron chi connectivity index (χ0n) is 10.8. The Labute approximate surface area is 113 Å². The van der Waals surface area contributed by atoms with Crippen molar-refractivity contribution in [3.8, 4) is 0 Å². The highest BCUT2D eigenvalue weighted by Gasteiger charge is 2.28. The molecule has 110 valence electrons. The van der Waals surface area contributed by atoms with Gasteiger partial charge in [-0.25, -0.2) is 4.39 Å². The quantitative estimate of drug-likeness (QED) is 0.638. The number of aliphatic hydroxyl groups is 1. The summed E-state index contributed by atoms with van der Waals surface area (Å²) in [5.74, 6) is -3.61. The van der Waals surface area contributed by atoms with Crippen molar-refractivity contribution in [2.75, 3.05) is 19.7 Å². The molecule has 0 aliphatic carbocycles. The highest BCUT2D eigenvalue weighted by atomic mass is 19.1. The van der Waals surface area contributed by atoms with Crippen LogP contribution >= 0.6 is 0 Å². The molecular formula is C12H14F2N2O4. The smallest absolute Gasteiger partial charge is 0.305 e. The van der Waals surface area contributed by atoms with E-state index in [0.717, 1.165) is 4.90 Å². The van der Waals surface area contributed by atoms with Gasteiger partial charge in [-0.2, -0.15) is 4.39 Å². The monoisotopic (exact) mass is 288 g/mol. The third-order valence-corrected chi connectivity index (χ3v) is 2.74. The van der Waals surface area contributed by atoms with Crippen LogP contribution in [0, 0.1) is 21.7 Å². The van der Waals surface area contributed by atoms with Crippen LogP contribution in [0.4, 0.5) is 14.5 Å². The molecule has 0 aliphatic heterocycles. The van der Waals surface area contributed by atoms with Gasteiger partial charge in [0.1, 0.15) is 11.4 Å². The maximum atomic E-state index is 13.9. The minimum absolute atomic E-state index is 0.105. The number of halogens is 2. The molecule has 0 atom stereocenters. The van der Waals surface area contributed by atoms with Crippen molar-refractivity contribution in [3.63, 3.8) is 0 Å². The van der Waals surface area contributed by atoms with Crippen LogP contribution in [0.15, 0.2) is 12.1 Å². The minimum Gasteiger partial charge on any atom is -0.396 e. The van der Waals surface area contributed by atoms with Crippen LogP contribution in [-0.2, 0) is 0 Å².